The summed E-state index contributed by atoms with van der Waals surface area (Å²) in [6, 6.07) is 11.3. The Bertz CT molecular complexity index is 798. The number of carbonyl (C=O) groups excluding carboxylic acids is 1. The number of para-hydroxylation sites is 1. The third kappa shape index (κ3) is 3.41. The Hall–Kier alpha value is -2.34. The van der Waals surface area contributed by atoms with Crippen molar-refractivity contribution in [1.29, 1.82) is 0 Å². The lowest BCUT2D eigenvalue weighted by molar-refractivity contribution is 0.102. The molecule has 1 amide bonds. The van der Waals surface area contributed by atoms with Gasteiger partial charge in [-0.1, -0.05) is 18.2 Å². The Morgan fingerprint density at radius 1 is 1.14 bits per heavy atom. The van der Waals surface area contributed by atoms with Gasteiger partial charge in [-0.25, -0.2) is 8.42 Å². The Kier molecular flexibility index (Phi) is 3.99. The fraction of sp³-hybridized carbons (Fsp3) is 0.133. The summed E-state index contributed by atoms with van der Waals surface area (Å²) in [7, 11) is -3.32. The molecular formula is C15H16N2O3S. The Morgan fingerprint density at radius 2 is 1.81 bits per heavy atom. The molecule has 2 aromatic rings. The first kappa shape index (κ1) is 15.1. The van der Waals surface area contributed by atoms with Gasteiger partial charge in [-0.15, -0.1) is 0 Å². The number of benzene rings is 2. The summed E-state index contributed by atoms with van der Waals surface area (Å²) in [5.74, 6) is -0.373. The second-order valence-corrected chi connectivity index (χ2v) is 6.81. The molecule has 0 aliphatic heterocycles. The summed E-state index contributed by atoms with van der Waals surface area (Å²) in [4.78, 5) is 12.4. The van der Waals surface area contributed by atoms with Gasteiger partial charge in [-0.3, -0.25) is 4.79 Å². The first-order valence-corrected chi connectivity index (χ1v) is 8.15. The fourth-order valence-corrected chi connectivity index (χ4v) is 2.55. The zero-order chi connectivity index (χ0) is 15.6. The highest BCUT2D eigenvalue weighted by Gasteiger charge is 2.13. The molecule has 21 heavy (non-hydrogen) atoms. The number of hydrogen-bond donors (Lipinski definition) is 2. The van der Waals surface area contributed by atoms with Gasteiger partial charge < -0.3 is 11.1 Å². The van der Waals surface area contributed by atoms with Crippen molar-refractivity contribution >= 4 is 27.1 Å². The van der Waals surface area contributed by atoms with E-state index in [-0.39, 0.29) is 10.8 Å². The SMILES string of the molecule is Cc1cccc(C(=O)Nc2cccc(S(C)(=O)=O)c2)c1N. The molecule has 2 aromatic carbocycles. The smallest absolute Gasteiger partial charge is 0.257 e. The quantitative estimate of drug-likeness (QED) is 0.851. The predicted molar refractivity (Wildman–Crippen MR) is 83.1 cm³/mol. The molecule has 5 nitrogen and oxygen atoms in total. The van der Waals surface area contributed by atoms with E-state index >= 15 is 0 Å². The number of nitrogen functional groups attached to an aromatic ring is 1. The van der Waals surface area contributed by atoms with E-state index in [1.54, 1.807) is 24.3 Å². The van der Waals surface area contributed by atoms with Crippen molar-refractivity contribution in [3.05, 3.63) is 53.6 Å². The molecule has 110 valence electrons. The Balaban J connectivity index is 2.30. The Labute approximate surface area is 123 Å². The molecule has 0 aliphatic rings. The van der Waals surface area contributed by atoms with Gasteiger partial charge in [-0.2, -0.15) is 0 Å². The summed E-state index contributed by atoms with van der Waals surface area (Å²) < 4.78 is 23.0. The van der Waals surface area contributed by atoms with Crippen LogP contribution in [0.3, 0.4) is 0 Å². The van der Waals surface area contributed by atoms with Crippen LogP contribution in [0, 0.1) is 6.92 Å². The van der Waals surface area contributed by atoms with Crippen LogP contribution in [0.5, 0.6) is 0 Å². The van der Waals surface area contributed by atoms with Crippen LogP contribution < -0.4 is 11.1 Å². The average Bonchev–Trinajstić information content (AvgIpc) is 2.41. The zero-order valence-corrected chi connectivity index (χ0v) is 12.6. The van der Waals surface area contributed by atoms with Gasteiger partial charge in [0.1, 0.15) is 0 Å². The average molecular weight is 304 g/mol. The van der Waals surface area contributed by atoms with Crippen molar-refractivity contribution in [3.63, 3.8) is 0 Å². The van der Waals surface area contributed by atoms with Crippen LogP contribution in [-0.2, 0) is 9.84 Å². The van der Waals surface area contributed by atoms with Crippen LogP contribution >= 0.6 is 0 Å². The molecule has 0 fully saturated rings. The van der Waals surface area contributed by atoms with Crippen LogP contribution in [0.1, 0.15) is 15.9 Å². The fourth-order valence-electron chi connectivity index (χ4n) is 1.88. The number of anilines is 2. The minimum atomic E-state index is -3.32. The van der Waals surface area contributed by atoms with E-state index in [9.17, 15) is 13.2 Å². The van der Waals surface area contributed by atoms with E-state index in [0.717, 1.165) is 11.8 Å². The second kappa shape index (κ2) is 5.57. The van der Waals surface area contributed by atoms with Gasteiger partial charge in [0.25, 0.3) is 5.91 Å². The zero-order valence-electron chi connectivity index (χ0n) is 11.8. The number of nitrogens with one attached hydrogen (secondary N) is 1. The number of amides is 1. The van der Waals surface area contributed by atoms with Crippen molar-refractivity contribution in [2.24, 2.45) is 0 Å². The van der Waals surface area contributed by atoms with Crippen LogP contribution in [0.15, 0.2) is 47.4 Å². The first-order valence-electron chi connectivity index (χ1n) is 6.25. The second-order valence-electron chi connectivity index (χ2n) is 4.79. The maximum Gasteiger partial charge on any atom is 0.257 e. The highest BCUT2D eigenvalue weighted by atomic mass is 32.2. The number of nitrogens with two attached hydrogens (primary N) is 1. The molecule has 0 spiro atoms. The third-order valence-electron chi connectivity index (χ3n) is 3.09. The summed E-state index contributed by atoms with van der Waals surface area (Å²) in [6.07, 6.45) is 1.12. The Morgan fingerprint density at radius 3 is 2.48 bits per heavy atom. The van der Waals surface area contributed by atoms with Gasteiger partial charge in [-0.05, 0) is 36.8 Å². The van der Waals surface area contributed by atoms with Gasteiger partial charge in [0, 0.05) is 17.6 Å². The van der Waals surface area contributed by atoms with Crippen LogP contribution in [0.25, 0.3) is 0 Å². The molecule has 0 unspecified atom stereocenters. The van der Waals surface area contributed by atoms with E-state index in [0.29, 0.717) is 16.9 Å². The monoisotopic (exact) mass is 304 g/mol. The predicted octanol–water partition coefficient (Wildman–Crippen LogP) is 2.23. The highest BCUT2D eigenvalue weighted by Crippen LogP contribution is 2.20. The molecule has 2 rings (SSSR count). The normalized spacial score (nSPS) is 11.1. The minimum Gasteiger partial charge on any atom is -0.398 e. The lowest BCUT2D eigenvalue weighted by atomic mass is 10.1. The van der Waals surface area contributed by atoms with Gasteiger partial charge in [0.05, 0.1) is 10.5 Å². The molecule has 0 aromatic heterocycles. The molecule has 0 saturated carbocycles. The van der Waals surface area contributed by atoms with Crippen molar-refractivity contribution in [1.82, 2.24) is 0 Å². The highest BCUT2D eigenvalue weighted by molar-refractivity contribution is 7.90. The van der Waals surface area contributed by atoms with E-state index in [2.05, 4.69) is 5.32 Å². The molecular weight excluding hydrogens is 288 g/mol. The summed E-state index contributed by atoms with van der Waals surface area (Å²) in [6.45, 7) is 1.82. The molecule has 0 bridgehead atoms. The van der Waals surface area contributed by atoms with Gasteiger partial charge >= 0.3 is 0 Å². The maximum atomic E-state index is 12.2. The first-order chi connectivity index (χ1) is 9.79. The van der Waals surface area contributed by atoms with E-state index in [1.165, 1.54) is 12.1 Å². The van der Waals surface area contributed by atoms with E-state index in [4.69, 9.17) is 5.73 Å². The number of sulfone groups is 1. The molecule has 0 radical (unpaired) electrons. The largest absolute Gasteiger partial charge is 0.398 e. The topological polar surface area (TPSA) is 89.3 Å². The van der Waals surface area contributed by atoms with Gasteiger partial charge in [0.2, 0.25) is 0 Å². The standard InChI is InChI=1S/C15H16N2O3S/c1-10-5-3-8-13(14(10)16)15(18)17-11-6-4-7-12(9-11)21(2,19)20/h3-9H,16H2,1-2H3,(H,17,18). The molecule has 6 heteroatoms. The van der Waals surface area contributed by atoms with Crippen LogP contribution in [-0.4, -0.2) is 20.6 Å². The van der Waals surface area contributed by atoms with E-state index in [1.807, 2.05) is 13.0 Å². The van der Waals surface area contributed by atoms with Crippen molar-refractivity contribution in [3.8, 4) is 0 Å². The van der Waals surface area contributed by atoms with Crippen LogP contribution in [0.2, 0.25) is 0 Å². The minimum absolute atomic E-state index is 0.150. The molecule has 3 N–H and O–H groups in total. The molecule has 0 aliphatic carbocycles. The number of rotatable bonds is 3. The molecule has 0 atom stereocenters. The maximum absolute atomic E-state index is 12.2. The number of hydrogen-bond acceptors (Lipinski definition) is 4. The number of carbonyl (C=O) groups is 1. The summed E-state index contributed by atoms with van der Waals surface area (Å²) in [5.41, 5.74) is 7.87. The van der Waals surface area contributed by atoms with Crippen molar-refractivity contribution in [2.75, 3.05) is 17.3 Å². The summed E-state index contributed by atoms with van der Waals surface area (Å²) >= 11 is 0. The van der Waals surface area contributed by atoms with Crippen molar-refractivity contribution in [2.45, 2.75) is 11.8 Å². The molecule has 0 saturated heterocycles. The summed E-state index contributed by atoms with van der Waals surface area (Å²) in [5, 5.41) is 2.66. The lowest BCUT2D eigenvalue weighted by Gasteiger charge is -2.10. The van der Waals surface area contributed by atoms with Crippen molar-refractivity contribution < 1.29 is 13.2 Å². The van der Waals surface area contributed by atoms with Gasteiger partial charge in [0.15, 0.2) is 9.84 Å². The number of aryl methyl sites for hydroxylation is 1. The molecule has 0 heterocycles. The van der Waals surface area contributed by atoms with Crippen LogP contribution in [0.4, 0.5) is 11.4 Å². The third-order valence-corrected chi connectivity index (χ3v) is 4.20. The van der Waals surface area contributed by atoms with E-state index < -0.39 is 9.84 Å². The lowest BCUT2D eigenvalue weighted by Crippen LogP contribution is -2.15.